The normalized spacial score (nSPS) is 17.1. The molecule has 4 aromatic rings. The van der Waals surface area contributed by atoms with E-state index in [0.29, 0.717) is 23.1 Å². The molecule has 3 heterocycles. The van der Waals surface area contributed by atoms with Crippen LogP contribution in [0.25, 0.3) is 22.3 Å². The van der Waals surface area contributed by atoms with Crippen LogP contribution in [0.4, 0.5) is 4.39 Å². The Morgan fingerprint density at radius 3 is 2.84 bits per heavy atom. The monoisotopic (exact) mass is 450 g/mol. The van der Waals surface area contributed by atoms with Gasteiger partial charge in [0.25, 0.3) is 0 Å². The molecule has 1 fully saturated rings. The lowest BCUT2D eigenvalue weighted by Gasteiger charge is -2.16. The summed E-state index contributed by atoms with van der Waals surface area (Å²) in [5, 5.41) is 9.98. The van der Waals surface area contributed by atoms with Crippen LogP contribution in [0.1, 0.15) is 30.1 Å². The van der Waals surface area contributed by atoms with Crippen molar-refractivity contribution in [3.63, 3.8) is 0 Å². The largest absolute Gasteiger partial charge is 0.376 e. The Bertz CT molecular complexity index is 1240. The van der Waals surface area contributed by atoms with Crippen molar-refractivity contribution in [2.45, 2.75) is 42.8 Å². The molecular formula is C24H23FN4O2S. The van der Waals surface area contributed by atoms with E-state index in [4.69, 9.17) is 4.74 Å². The molecule has 0 bridgehead atoms. The van der Waals surface area contributed by atoms with Crippen molar-refractivity contribution in [2.24, 2.45) is 0 Å². The van der Waals surface area contributed by atoms with Crippen LogP contribution in [-0.4, -0.2) is 43.5 Å². The second-order valence-electron chi connectivity index (χ2n) is 7.93. The Morgan fingerprint density at radius 1 is 1.25 bits per heavy atom. The van der Waals surface area contributed by atoms with Crippen molar-refractivity contribution >= 4 is 28.4 Å². The van der Waals surface area contributed by atoms with Gasteiger partial charge in [0.05, 0.1) is 17.9 Å². The number of hydrogen-bond donors (Lipinski definition) is 1. The van der Waals surface area contributed by atoms with E-state index in [9.17, 15) is 9.18 Å². The number of thioether (sulfide) groups is 1. The number of aromatic amines is 1. The molecule has 0 spiro atoms. The molecule has 0 amide bonds. The third kappa shape index (κ3) is 4.08. The molecule has 2 aromatic heterocycles. The summed E-state index contributed by atoms with van der Waals surface area (Å²) >= 11 is 1.38. The summed E-state index contributed by atoms with van der Waals surface area (Å²) in [5.74, 6) is 0.378. The smallest absolute Gasteiger partial charge is 0.192 e. The van der Waals surface area contributed by atoms with Crippen molar-refractivity contribution in [1.29, 1.82) is 0 Å². The summed E-state index contributed by atoms with van der Waals surface area (Å²) in [6, 6.07) is 14.0. The van der Waals surface area contributed by atoms with Gasteiger partial charge in [0.1, 0.15) is 5.82 Å². The SMILES string of the molecule is C[C@@H](Sc1nnc(-c2ccc(F)cc2)n1C[C@@H]1CCCO1)C(=O)c1c[nH]c2ccccc12. The molecular weight excluding hydrogens is 427 g/mol. The molecule has 1 aliphatic rings. The first-order valence-electron chi connectivity index (χ1n) is 10.7. The maximum Gasteiger partial charge on any atom is 0.192 e. The van der Waals surface area contributed by atoms with Gasteiger partial charge in [0.15, 0.2) is 16.8 Å². The van der Waals surface area contributed by atoms with Gasteiger partial charge in [-0.25, -0.2) is 4.39 Å². The van der Waals surface area contributed by atoms with E-state index in [1.165, 1.54) is 23.9 Å². The van der Waals surface area contributed by atoms with Crippen LogP contribution in [0.15, 0.2) is 59.9 Å². The van der Waals surface area contributed by atoms with Gasteiger partial charge in [0, 0.05) is 34.8 Å². The van der Waals surface area contributed by atoms with Crippen LogP contribution < -0.4 is 0 Å². The van der Waals surface area contributed by atoms with Gasteiger partial charge in [-0.3, -0.25) is 9.36 Å². The van der Waals surface area contributed by atoms with E-state index in [-0.39, 0.29) is 23.0 Å². The molecule has 6 nitrogen and oxygen atoms in total. The minimum Gasteiger partial charge on any atom is -0.376 e. The number of nitrogens with one attached hydrogen (secondary N) is 1. The molecule has 5 rings (SSSR count). The van der Waals surface area contributed by atoms with Gasteiger partial charge < -0.3 is 9.72 Å². The minimum atomic E-state index is -0.359. The number of H-pyrrole nitrogens is 1. The number of aromatic nitrogens is 4. The summed E-state index contributed by atoms with van der Waals surface area (Å²) in [7, 11) is 0. The highest BCUT2D eigenvalue weighted by molar-refractivity contribution is 8.00. The predicted octanol–water partition coefficient (Wildman–Crippen LogP) is 5.11. The maximum absolute atomic E-state index is 13.4. The van der Waals surface area contributed by atoms with Gasteiger partial charge in [-0.05, 0) is 50.1 Å². The van der Waals surface area contributed by atoms with Crippen LogP contribution in [0.2, 0.25) is 0 Å². The van der Waals surface area contributed by atoms with E-state index in [1.54, 1.807) is 18.3 Å². The van der Waals surface area contributed by atoms with Crippen LogP contribution in [0.5, 0.6) is 0 Å². The Morgan fingerprint density at radius 2 is 2.06 bits per heavy atom. The summed E-state index contributed by atoms with van der Waals surface area (Å²) in [4.78, 5) is 16.4. The van der Waals surface area contributed by atoms with Crippen LogP contribution >= 0.6 is 11.8 Å². The molecule has 1 saturated heterocycles. The summed E-state index contributed by atoms with van der Waals surface area (Å²) in [6.07, 6.45) is 3.83. The summed E-state index contributed by atoms with van der Waals surface area (Å²) in [5.41, 5.74) is 2.39. The number of para-hydroxylation sites is 1. The number of carbonyl (C=O) groups is 1. The van der Waals surface area contributed by atoms with Crippen LogP contribution in [0.3, 0.4) is 0 Å². The Kier molecular flexibility index (Phi) is 5.80. The van der Waals surface area contributed by atoms with Crippen molar-refractivity contribution in [2.75, 3.05) is 6.61 Å². The van der Waals surface area contributed by atoms with Crippen molar-refractivity contribution in [3.05, 3.63) is 66.1 Å². The number of fused-ring (bicyclic) bond motifs is 1. The highest BCUT2D eigenvalue weighted by Crippen LogP contribution is 2.31. The number of ketones is 1. The van der Waals surface area contributed by atoms with E-state index < -0.39 is 0 Å². The summed E-state index contributed by atoms with van der Waals surface area (Å²) in [6.45, 7) is 3.23. The number of nitrogens with zero attached hydrogens (tertiary/aromatic N) is 3. The molecule has 8 heteroatoms. The molecule has 1 aliphatic heterocycles. The molecule has 164 valence electrons. The van der Waals surface area contributed by atoms with E-state index in [0.717, 1.165) is 35.9 Å². The average molecular weight is 451 g/mol. The zero-order valence-corrected chi connectivity index (χ0v) is 18.4. The first kappa shape index (κ1) is 20.9. The fraction of sp³-hybridized carbons (Fsp3) is 0.292. The minimum absolute atomic E-state index is 0.0300. The van der Waals surface area contributed by atoms with Gasteiger partial charge in [-0.2, -0.15) is 0 Å². The van der Waals surface area contributed by atoms with Crippen molar-refractivity contribution in [3.8, 4) is 11.4 Å². The predicted molar refractivity (Wildman–Crippen MR) is 122 cm³/mol. The van der Waals surface area contributed by atoms with Gasteiger partial charge in [-0.1, -0.05) is 30.0 Å². The molecule has 2 atom stereocenters. The molecule has 1 N–H and O–H groups in total. The fourth-order valence-electron chi connectivity index (χ4n) is 4.05. The first-order valence-corrected chi connectivity index (χ1v) is 11.6. The Hall–Kier alpha value is -2.97. The summed E-state index contributed by atoms with van der Waals surface area (Å²) < 4.78 is 21.3. The van der Waals surface area contributed by atoms with E-state index in [2.05, 4.69) is 15.2 Å². The maximum atomic E-state index is 13.4. The van der Waals surface area contributed by atoms with Crippen LogP contribution in [-0.2, 0) is 11.3 Å². The lowest BCUT2D eigenvalue weighted by atomic mass is 10.1. The van der Waals surface area contributed by atoms with E-state index >= 15 is 0 Å². The first-order chi connectivity index (χ1) is 15.6. The zero-order valence-electron chi connectivity index (χ0n) is 17.6. The number of ether oxygens (including phenoxy) is 1. The van der Waals surface area contributed by atoms with E-state index in [1.807, 2.05) is 35.8 Å². The molecule has 32 heavy (non-hydrogen) atoms. The highest BCUT2D eigenvalue weighted by Gasteiger charge is 2.26. The molecule has 2 aromatic carbocycles. The molecule has 0 aliphatic carbocycles. The van der Waals surface area contributed by atoms with Gasteiger partial charge in [0.2, 0.25) is 0 Å². The quantitative estimate of drug-likeness (QED) is 0.313. The van der Waals surface area contributed by atoms with Gasteiger partial charge in [-0.15, -0.1) is 10.2 Å². The number of hydrogen-bond acceptors (Lipinski definition) is 5. The number of rotatable bonds is 7. The number of halogens is 1. The van der Waals surface area contributed by atoms with Crippen molar-refractivity contribution in [1.82, 2.24) is 19.7 Å². The Labute approximate surface area is 189 Å². The number of benzene rings is 2. The lowest BCUT2D eigenvalue weighted by molar-refractivity contribution is 0.0953. The third-order valence-corrected chi connectivity index (χ3v) is 6.82. The second-order valence-corrected chi connectivity index (χ2v) is 9.24. The second kappa shape index (κ2) is 8.88. The Balaban J connectivity index is 1.44. The van der Waals surface area contributed by atoms with Crippen molar-refractivity contribution < 1.29 is 13.9 Å². The highest BCUT2D eigenvalue weighted by atomic mass is 32.2. The standard InChI is InChI=1S/C24H23FN4O2S/c1-15(22(30)20-13-26-21-7-3-2-6-19(20)21)32-24-28-27-23(16-8-10-17(25)11-9-16)29(24)14-18-5-4-12-31-18/h2-3,6-11,13,15,18,26H,4-5,12,14H2,1H3/t15-,18+/m1/s1. The number of carbonyl (C=O) groups excluding carboxylic acids is 1. The third-order valence-electron chi connectivity index (χ3n) is 5.74. The molecule has 0 unspecified atom stereocenters. The zero-order chi connectivity index (χ0) is 22.1. The number of Topliss-reactive ketones (excluding diaryl/α,β-unsaturated/α-hetero) is 1. The fourth-order valence-corrected chi connectivity index (χ4v) is 4.98. The van der Waals surface area contributed by atoms with Crippen LogP contribution in [0, 0.1) is 5.82 Å². The lowest BCUT2D eigenvalue weighted by Crippen LogP contribution is -2.19. The molecule has 0 saturated carbocycles. The molecule has 0 radical (unpaired) electrons. The topological polar surface area (TPSA) is 72.8 Å². The van der Waals surface area contributed by atoms with Gasteiger partial charge >= 0.3 is 0 Å². The average Bonchev–Trinajstić information content (AvgIpc) is 3.55.